The Morgan fingerprint density at radius 3 is 2.29 bits per heavy atom. The van der Waals surface area contributed by atoms with Gasteiger partial charge in [-0.1, -0.05) is 30.3 Å². The van der Waals surface area contributed by atoms with Crippen LogP contribution in [-0.4, -0.2) is 70.8 Å². The van der Waals surface area contributed by atoms with Gasteiger partial charge in [-0.15, -0.1) is 5.10 Å². The molecular formula is C21H23N5O2. The highest BCUT2D eigenvalue weighted by Gasteiger charge is 2.25. The van der Waals surface area contributed by atoms with E-state index in [4.69, 9.17) is 4.74 Å². The summed E-state index contributed by atoms with van der Waals surface area (Å²) in [6, 6.07) is 17.3. The Kier molecular flexibility index (Phi) is 5.08. The van der Waals surface area contributed by atoms with Crippen LogP contribution in [0.5, 0.6) is 5.75 Å². The molecule has 0 aliphatic carbocycles. The summed E-state index contributed by atoms with van der Waals surface area (Å²) in [5.74, 6) is 1.50. The highest BCUT2D eigenvalue weighted by atomic mass is 16.5. The van der Waals surface area contributed by atoms with Crippen LogP contribution in [0, 0.1) is 0 Å². The molecule has 0 radical (unpaired) electrons. The van der Waals surface area contributed by atoms with Crippen molar-refractivity contribution in [1.82, 2.24) is 24.6 Å². The monoisotopic (exact) mass is 377 g/mol. The van der Waals surface area contributed by atoms with E-state index < -0.39 is 0 Å². The number of aromatic nitrogens is 3. The van der Waals surface area contributed by atoms with Gasteiger partial charge in [-0.2, -0.15) is 0 Å². The molecule has 7 heteroatoms. The fourth-order valence-corrected chi connectivity index (χ4v) is 3.23. The van der Waals surface area contributed by atoms with Crippen molar-refractivity contribution in [3.8, 4) is 22.8 Å². The van der Waals surface area contributed by atoms with Crippen LogP contribution in [0.15, 0.2) is 54.6 Å². The Morgan fingerprint density at radius 1 is 0.964 bits per heavy atom. The Hall–Kier alpha value is -3.19. The van der Waals surface area contributed by atoms with Crippen molar-refractivity contribution in [2.75, 3.05) is 40.3 Å². The molecule has 1 aliphatic rings. The predicted octanol–water partition coefficient (Wildman–Crippen LogP) is 2.33. The van der Waals surface area contributed by atoms with E-state index in [1.54, 1.807) is 11.8 Å². The summed E-state index contributed by atoms with van der Waals surface area (Å²) in [5.41, 5.74) is 1.73. The summed E-state index contributed by atoms with van der Waals surface area (Å²) in [5, 5.41) is 4.57. The first-order valence-corrected chi connectivity index (χ1v) is 9.30. The van der Waals surface area contributed by atoms with Crippen LogP contribution in [0.1, 0.15) is 10.6 Å². The van der Waals surface area contributed by atoms with Crippen LogP contribution >= 0.6 is 0 Å². The minimum atomic E-state index is -0.127. The van der Waals surface area contributed by atoms with Crippen LogP contribution in [0.4, 0.5) is 0 Å². The highest BCUT2D eigenvalue weighted by molar-refractivity contribution is 5.91. The fourth-order valence-electron chi connectivity index (χ4n) is 3.23. The number of ether oxygens (including phenoxy) is 1. The normalized spacial score (nSPS) is 14.9. The smallest absolute Gasteiger partial charge is 0.293 e. The van der Waals surface area contributed by atoms with E-state index in [0.29, 0.717) is 18.9 Å². The maximum absolute atomic E-state index is 13.0. The van der Waals surface area contributed by atoms with Gasteiger partial charge in [-0.25, -0.2) is 9.67 Å². The molecule has 2 aromatic carbocycles. The average molecular weight is 377 g/mol. The molecule has 1 fully saturated rings. The van der Waals surface area contributed by atoms with Crippen molar-refractivity contribution in [1.29, 1.82) is 0 Å². The Bertz CT molecular complexity index is 945. The van der Waals surface area contributed by atoms with Gasteiger partial charge >= 0.3 is 0 Å². The molecule has 0 atom stereocenters. The molecule has 0 spiro atoms. The molecule has 4 rings (SSSR count). The van der Waals surface area contributed by atoms with Crippen molar-refractivity contribution in [3.05, 3.63) is 60.4 Å². The summed E-state index contributed by atoms with van der Waals surface area (Å²) in [6.45, 7) is 3.09. The lowest BCUT2D eigenvalue weighted by atomic mass is 10.2. The third-order valence-electron chi connectivity index (χ3n) is 4.94. The summed E-state index contributed by atoms with van der Waals surface area (Å²) >= 11 is 0. The molecule has 3 aromatic rings. The van der Waals surface area contributed by atoms with E-state index in [0.717, 1.165) is 30.1 Å². The third-order valence-corrected chi connectivity index (χ3v) is 4.94. The van der Waals surface area contributed by atoms with Gasteiger partial charge in [0.2, 0.25) is 5.82 Å². The minimum Gasteiger partial charge on any atom is -0.497 e. The summed E-state index contributed by atoms with van der Waals surface area (Å²) in [7, 11) is 3.69. The minimum absolute atomic E-state index is 0.127. The molecule has 2 heterocycles. The van der Waals surface area contributed by atoms with E-state index in [-0.39, 0.29) is 11.7 Å². The summed E-state index contributed by atoms with van der Waals surface area (Å²) < 4.78 is 6.96. The molecular weight excluding hydrogens is 354 g/mol. The van der Waals surface area contributed by atoms with Crippen molar-refractivity contribution >= 4 is 5.91 Å². The second-order valence-corrected chi connectivity index (χ2v) is 6.83. The van der Waals surface area contributed by atoms with Crippen molar-refractivity contribution in [3.63, 3.8) is 0 Å². The van der Waals surface area contributed by atoms with E-state index in [2.05, 4.69) is 22.0 Å². The van der Waals surface area contributed by atoms with E-state index in [9.17, 15) is 4.79 Å². The van der Waals surface area contributed by atoms with Gasteiger partial charge in [-0.05, 0) is 31.3 Å². The van der Waals surface area contributed by atoms with Gasteiger partial charge in [-0.3, -0.25) is 4.79 Å². The van der Waals surface area contributed by atoms with Gasteiger partial charge in [0.25, 0.3) is 5.91 Å². The van der Waals surface area contributed by atoms with Crippen LogP contribution < -0.4 is 4.74 Å². The first-order valence-electron chi connectivity index (χ1n) is 9.30. The highest BCUT2D eigenvalue weighted by Crippen LogP contribution is 2.23. The molecule has 1 aliphatic heterocycles. The number of methoxy groups -OCH3 is 1. The maximum Gasteiger partial charge on any atom is 0.293 e. The van der Waals surface area contributed by atoms with E-state index >= 15 is 0 Å². The fraction of sp³-hybridized carbons (Fsp3) is 0.286. The Labute approximate surface area is 164 Å². The number of hydrogen-bond acceptors (Lipinski definition) is 5. The molecule has 1 aromatic heterocycles. The molecule has 1 amide bonds. The lowest BCUT2D eigenvalue weighted by Crippen LogP contribution is -2.47. The van der Waals surface area contributed by atoms with Gasteiger partial charge in [0.05, 0.1) is 12.8 Å². The lowest BCUT2D eigenvalue weighted by Gasteiger charge is -2.31. The molecule has 0 unspecified atom stereocenters. The number of hydrogen-bond donors (Lipinski definition) is 0. The SMILES string of the molecule is COc1ccc(-n2nc(C(=O)N3CCN(C)CC3)nc2-c2ccccc2)cc1. The zero-order valence-electron chi connectivity index (χ0n) is 16.1. The maximum atomic E-state index is 13.0. The predicted molar refractivity (Wildman–Crippen MR) is 107 cm³/mol. The van der Waals surface area contributed by atoms with Crippen molar-refractivity contribution < 1.29 is 9.53 Å². The van der Waals surface area contributed by atoms with Gasteiger partial charge in [0, 0.05) is 31.7 Å². The first kappa shape index (κ1) is 18.2. The Morgan fingerprint density at radius 2 is 1.64 bits per heavy atom. The lowest BCUT2D eigenvalue weighted by molar-refractivity contribution is 0.0652. The molecule has 0 N–H and O–H groups in total. The number of carbonyl (C=O) groups is 1. The summed E-state index contributed by atoms with van der Waals surface area (Å²) in [6.07, 6.45) is 0. The first-order chi connectivity index (χ1) is 13.7. The second kappa shape index (κ2) is 7.82. The van der Waals surface area contributed by atoms with Crippen LogP contribution in [0.3, 0.4) is 0 Å². The number of likely N-dealkylation sites (N-methyl/N-ethyl adjacent to an activating group) is 1. The van der Waals surface area contributed by atoms with Gasteiger partial charge in [0.1, 0.15) is 5.75 Å². The molecule has 0 saturated carbocycles. The number of piperazine rings is 1. The standard InChI is InChI=1S/C21H23N5O2/c1-24-12-14-25(15-13-24)21(27)19-22-20(16-6-4-3-5-7-16)26(23-19)17-8-10-18(28-2)11-9-17/h3-11H,12-15H2,1-2H3. The number of rotatable bonds is 4. The van der Waals surface area contributed by atoms with E-state index in [1.807, 2.05) is 59.5 Å². The van der Waals surface area contributed by atoms with Gasteiger partial charge < -0.3 is 14.5 Å². The molecule has 144 valence electrons. The zero-order chi connectivity index (χ0) is 19.5. The average Bonchev–Trinajstić information content (AvgIpc) is 3.20. The number of benzene rings is 2. The van der Waals surface area contributed by atoms with E-state index in [1.165, 1.54) is 0 Å². The van der Waals surface area contributed by atoms with Crippen LogP contribution in [0.25, 0.3) is 17.1 Å². The van der Waals surface area contributed by atoms with Crippen LogP contribution in [0.2, 0.25) is 0 Å². The van der Waals surface area contributed by atoms with Crippen molar-refractivity contribution in [2.24, 2.45) is 0 Å². The van der Waals surface area contributed by atoms with Crippen LogP contribution in [-0.2, 0) is 0 Å². The number of amides is 1. The molecule has 0 bridgehead atoms. The quantitative estimate of drug-likeness (QED) is 0.698. The Balaban J connectivity index is 1.72. The third kappa shape index (κ3) is 3.61. The summed E-state index contributed by atoms with van der Waals surface area (Å²) in [4.78, 5) is 21.6. The topological polar surface area (TPSA) is 63.5 Å². The number of nitrogens with zero attached hydrogens (tertiary/aromatic N) is 5. The molecule has 7 nitrogen and oxygen atoms in total. The molecule has 1 saturated heterocycles. The van der Waals surface area contributed by atoms with Gasteiger partial charge in [0.15, 0.2) is 5.82 Å². The number of carbonyl (C=O) groups excluding carboxylic acids is 1. The molecule has 28 heavy (non-hydrogen) atoms. The zero-order valence-corrected chi connectivity index (χ0v) is 16.1. The second-order valence-electron chi connectivity index (χ2n) is 6.83. The van der Waals surface area contributed by atoms with Crippen molar-refractivity contribution in [2.45, 2.75) is 0 Å². The largest absolute Gasteiger partial charge is 0.497 e.